The molecule has 2 rings (SSSR count). The molecule has 0 radical (unpaired) electrons. The van der Waals surface area contributed by atoms with E-state index in [2.05, 4.69) is 10.6 Å². The van der Waals surface area contributed by atoms with Crippen LogP contribution in [0.3, 0.4) is 0 Å². The first-order valence-corrected chi connectivity index (χ1v) is 8.16. The van der Waals surface area contributed by atoms with E-state index in [0.717, 1.165) is 11.1 Å². The first-order valence-electron chi connectivity index (χ1n) is 8.16. The number of nitrogens with one attached hydrogen (secondary N) is 2. The number of hydrogen-bond acceptors (Lipinski definition) is 4. The summed E-state index contributed by atoms with van der Waals surface area (Å²) in [5, 5.41) is 5.52. The molecule has 5 nitrogen and oxygen atoms in total. The Morgan fingerprint density at radius 2 is 1.67 bits per heavy atom. The second-order valence-corrected chi connectivity index (χ2v) is 6.01. The summed E-state index contributed by atoms with van der Waals surface area (Å²) in [7, 11) is 1.50. The number of anilines is 2. The number of alkyl halides is 3. The van der Waals surface area contributed by atoms with Crippen LogP contribution in [0.25, 0.3) is 0 Å². The van der Waals surface area contributed by atoms with E-state index < -0.39 is 12.8 Å². The number of aryl methyl sites for hydroxylation is 2. The lowest BCUT2D eigenvalue weighted by Crippen LogP contribution is -2.23. The molecule has 27 heavy (non-hydrogen) atoms. The molecule has 0 heterocycles. The summed E-state index contributed by atoms with van der Waals surface area (Å²) in [6.07, 6.45) is -4.44. The lowest BCUT2D eigenvalue weighted by molar-refractivity contribution is -0.153. The Morgan fingerprint density at radius 1 is 1.00 bits per heavy atom. The largest absolute Gasteiger partial charge is 0.495 e. The quantitative estimate of drug-likeness (QED) is 0.750. The summed E-state index contributed by atoms with van der Waals surface area (Å²) >= 11 is 0. The predicted octanol–water partition coefficient (Wildman–Crippen LogP) is 4.30. The summed E-state index contributed by atoms with van der Waals surface area (Å²) in [5.74, 6) is 0.174. The standard InChI is InChI=1S/C19H21F3N2O3/c1-12-5-7-16(26-3)15(8-12)24-18(25)10-23-14-6-4-13(2)9-17(14)27-11-19(20,21)22/h4-9,23H,10-11H2,1-3H3,(H,24,25). The fourth-order valence-electron chi connectivity index (χ4n) is 2.34. The number of hydrogen-bond donors (Lipinski definition) is 2. The zero-order chi connectivity index (χ0) is 20.0. The molecule has 0 atom stereocenters. The Kier molecular flexibility index (Phi) is 6.55. The zero-order valence-corrected chi connectivity index (χ0v) is 15.2. The minimum Gasteiger partial charge on any atom is -0.495 e. The zero-order valence-electron chi connectivity index (χ0n) is 15.2. The van der Waals surface area contributed by atoms with Gasteiger partial charge in [-0.3, -0.25) is 4.79 Å². The van der Waals surface area contributed by atoms with E-state index in [4.69, 9.17) is 9.47 Å². The van der Waals surface area contributed by atoms with E-state index in [9.17, 15) is 18.0 Å². The summed E-state index contributed by atoms with van der Waals surface area (Å²) in [6.45, 7) is 2.06. The lowest BCUT2D eigenvalue weighted by atomic mass is 10.2. The summed E-state index contributed by atoms with van der Waals surface area (Å²) in [5.41, 5.74) is 2.50. The Labute approximate surface area is 155 Å². The normalized spacial score (nSPS) is 11.0. The highest BCUT2D eigenvalue weighted by molar-refractivity contribution is 5.95. The van der Waals surface area contributed by atoms with Crippen LogP contribution in [0.15, 0.2) is 36.4 Å². The van der Waals surface area contributed by atoms with E-state index in [0.29, 0.717) is 17.1 Å². The summed E-state index contributed by atoms with van der Waals surface area (Å²) in [4.78, 5) is 12.2. The van der Waals surface area contributed by atoms with Crippen LogP contribution in [0.4, 0.5) is 24.5 Å². The van der Waals surface area contributed by atoms with Crippen molar-refractivity contribution in [2.24, 2.45) is 0 Å². The van der Waals surface area contributed by atoms with Gasteiger partial charge >= 0.3 is 6.18 Å². The van der Waals surface area contributed by atoms with Gasteiger partial charge in [0.05, 0.1) is 25.0 Å². The van der Waals surface area contributed by atoms with Gasteiger partial charge in [0.25, 0.3) is 0 Å². The molecule has 8 heteroatoms. The second-order valence-electron chi connectivity index (χ2n) is 6.01. The van der Waals surface area contributed by atoms with E-state index >= 15 is 0 Å². The fourth-order valence-corrected chi connectivity index (χ4v) is 2.34. The van der Waals surface area contributed by atoms with Crippen molar-refractivity contribution in [3.8, 4) is 11.5 Å². The summed E-state index contributed by atoms with van der Waals surface area (Å²) < 4.78 is 47.3. The number of methoxy groups -OCH3 is 1. The van der Waals surface area contributed by atoms with Crippen LogP contribution < -0.4 is 20.1 Å². The molecule has 0 saturated heterocycles. The van der Waals surface area contributed by atoms with Crippen LogP contribution in [0.2, 0.25) is 0 Å². The minimum absolute atomic E-state index is 0.0354. The maximum Gasteiger partial charge on any atom is 0.422 e. The molecular formula is C19H21F3N2O3. The number of rotatable bonds is 7. The van der Waals surface area contributed by atoms with Crippen molar-refractivity contribution >= 4 is 17.3 Å². The molecule has 2 N–H and O–H groups in total. The van der Waals surface area contributed by atoms with Crippen LogP contribution in [0.5, 0.6) is 11.5 Å². The number of amides is 1. The number of carbonyl (C=O) groups excluding carboxylic acids is 1. The molecule has 1 amide bonds. The van der Waals surface area contributed by atoms with Crippen molar-refractivity contribution in [1.82, 2.24) is 0 Å². The molecule has 0 unspecified atom stereocenters. The van der Waals surface area contributed by atoms with E-state index in [1.165, 1.54) is 13.2 Å². The Bertz CT molecular complexity index is 807. The van der Waals surface area contributed by atoms with Crippen molar-refractivity contribution < 1.29 is 27.4 Å². The maximum atomic E-state index is 12.4. The number of ether oxygens (including phenoxy) is 2. The van der Waals surface area contributed by atoms with Gasteiger partial charge in [0.1, 0.15) is 11.5 Å². The Balaban J connectivity index is 2.03. The van der Waals surface area contributed by atoms with Crippen molar-refractivity contribution in [2.45, 2.75) is 20.0 Å². The molecule has 0 bridgehead atoms. The van der Waals surface area contributed by atoms with E-state index in [1.54, 1.807) is 31.2 Å². The molecule has 0 fully saturated rings. The van der Waals surface area contributed by atoms with Crippen LogP contribution in [-0.2, 0) is 4.79 Å². The van der Waals surface area contributed by atoms with Crippen molar-refractivity contribution in [3.05, 3.63) is 47.5 Å². The number of halogens is 3. The highest BCUT2D eigenvalue weighted by atomic mass is 19.4. The van der Waals surface area contributed by atoms with Gasteiger partial charge in [0, 0.05) is 0 Å². The van der Waals surface area contributed by atoms with Crippen molar-refractivity contribution in [2.75, 3.05) is 30.9 Å². The Hall–Kier alpha value is -2.90. The predicted molar refractivity (Wildman–Crippen MR) is 97.6 cm³/mol. The minimum atomic E-state index is -4.44. The van der Waals surface area contributed by atoms with Gasteiger partial charge in [-0.15, -0.1) is 0 Å². The third-order valence-electron chi connectivity index (χ3n) is 3.60. The highest BCUT2D eigenvalue weighted by Crippen LogP contribution is 2.28. The van der Waals surface area contributed by atoms with Crippen LogP contribution in [0, 0.1) is 13.8 Å². The molecular weight excluding hydrogens is 361 g/mol. The molecule has 0 aliphatic rings. The third kappa shape index (κ3) is 6.40. The van der Waals surface area contributed by atoms with Gasteiger partial charge in [-0.1, -0.05) is 12.1 Å². The van der Waals surface area contributed by atoms with Gasteiger partial charge in [0.15, 0.2) is 6.61 Å². The average molecular weight is 382 g/mol. The highest BCUT2D eigenvalue weighted by Gasteiger charge is 2.28. The second kappa shape index (κ2) is 8.66. The van der Waals surface area contributed by atoms with Gasteiger partial charge < -0.3 is 20.1 Å². The molecule has 0 saturated carbocycles. The lowest BCUT2D eigenvalue weighted by Gasteiger charge is -2.16. The third-order valence-corrected chi connectivity index (χ3v) is 3.60. The molecule has 0 spiro atoms. The van der Waals surface area contributed by atoms with Crippen LogP contribution in [0.1, 0.15) is 11.1 Å². The van der Waals surface area contributed by atoms with Gasteiger partial charge in [-0.25, -0.2) is 0 Å². The van der Waals surface area contributed by atoms with Crippen LogP contribution >= 0.6 is 0 Å². The SMILES string of the molecule is COc1ccc(C)cc1NC(=O)CNc1ccc(C)cc1OCC(F)(F)F. The van der Waals surface area contributed by atoms with Crippen LogP contribution in [-0.4, -0.2) is 32.3 Å². The van der Waals surface area contributed by atoms with Gasteiger partial charge in [0.2, 0.25) is 5.91 Å². The van der Waals surface area contributed by atoms with Gasteiger partial charge in [-0.2, -0.15) is 13.2 Å². The number of benzene rings is 2. The van der Waals surface area contributed by atoms with Gasteiger partial charge in [-0.05, 0) is 49.2 Å². The molecule has 2 aromatic carbocycles. The van der Waals surface area contributed by atoms with E-state index in [-0.39, 0.29) is 18.2 Å². The van der Waals surface area contributed by atoms with Crippen molar-refractivity contribution in [3.63, 3.8) is 0 Å². The average Bonchev–Trinajstić information content (AvgIpc) is 2.58. The number of carbonyl (C=O) groups is 1. The molecule has 0 aliphatic carbocycles. The monoisotopic (exact) mass is 382 g/mol. The molecule has 2 aromatic rings. The maximum absolute atomic E-state index is 12.4. The molecule has 146 valence electrons. The van der Waals surface area contributed by atoms with Crippen molar-refractivity contribution in [1.29, 1.82) is 0 Å². The topological polar surface area (TPSA) is 59.6 Å². The fraction of sp³-hybridized carbons (Fsp3) is 0.316. The first kappa shape index (κ1) is 20.4. The summed E-state index contributed by atoms with van der Waals surface area (Å²) in [6, 6.07) is 10.1. The first-order chi connectivity index (χ1) is 12.7. The Morgan fingerprint density at radius 3 is 2.33 bits per heavy atom. The van der Waals surface area contributed by atoms with E-state index in [1.807, 2.05) is 13.0 Å². The smallest absolute Gasteiger partial charge is 0.422 e. The molecule has 0 aromatic heterocycles. The molecule has 0 aliphatic heterocycles.